The van der Waals surface area contributed by atoms with Crippen LogP contribution in [0.1, 0.15) is 32.8 Å². The second kappa shape index (κ2) is 7.93. The third-order valence-electron chi connectivity index (χ3n) is 2.35. The third-order valence-corrected chi connectivity index (χ3v) is 2.35. The van der Waals surface area contributed by atoms with Crippen molar-refractivity contribution >= 4 is 5.78 Å². The van der Waals surface area contributed by atoms with Crippen molar-refractivity contribution in [2.45, 2.75) is 45.6 Å². The lowest BCUT2D eigenvalue weighted by Gasteiger charge is -2.19. The van der Waals surface area contributed by atoms with Gasteiger partial charge >= 0.3 is 0 Å². The predicted octanol–water partition coefficient (Wildman–Crippen LogP) is 3.20. The zero-order chi connectivity index (χ0) is 14.2. The van der Waals surface area contributed by atoms with Gasteiger partial charge in [0.2, 0.25) is 0 Å². The van der Waals surface area contributed by atoms with Crippen LogP contribution in [0.3, 0.4) is 0 Å². The molecule has 2 nitrogen and oxygen atoms in total. The van der Waals surface area contributed by atoms with E-state index in [1.165, 1.54) is 6.92 Å². The fourth-order valence-electron chi connectivity index (χ4n) is 1.43. The Bertz CT molecular complexity index is 352. The second-order valence-electron chi connectivity index (χ2n) is 3.94. The van der Waals surface area contributed by atoms with E-state index in [0.29, 0.717) is 5.56 Å². The first-order valence-corrected chi connectivity index (χ1v) is 6.08. The summed E-state index contributed by atoms with van der Waals surface area (Å²) in [6.45, 7) is 5.23. The van der Waals surface area contributed by atoms with Crippen LogP contribution < -0.4 is 5.73 Å². The van der Waals surface area contributed by atoms with E-state index in [9.17, 15) is 13.6 Å². The minimum absolute atomic E-state index is 0.380. The van der Waals surface area contributed by atoms with Crippen molar-refractivity contribution in [2.75, 3.05) is 0 Å². The molecule has 0 spiro atoms. The zero-order valence-electron chi connectivity index (χ0n) is 11.1. The maximum atomic E-state index is 13.5. The lowest BCUT2D eigenvalue weighted by Crippen LogP contribution is -2.36. The summed E-state index contributed by atoms with van der Waals surface area (Å²) >= 11 is 0. The van der Waals surface area contributed by atoms with Crippen molar-refractivity contribution in [2.24, 2.45) is 5.73 Å². The number of hydrogen-bond acceptors (Lipinski definition) is 2. The molecular weight excluding hydrogens is 236 g/mol. The van der Waals surface area contributed by atoms with Crippen molar-refractivity contribution in [1.82, 2.24) is 0 Å². The minimum atomic E-state index is -2.94. The Kier molecular flexibility index (Phi) is 7.36. The highest BCUT2D eigenvalue weighted by atomic mass is 19.3. The standard InChI is InChI=1S/C12H15F2NO.C2H6/c1-9(16)11(15)8-12(13,14)7-10-5-3-2-4-6-10;1-2/h2-6,11H,7-8,15H2,1H3;1-2H3. The summed E-state index contributed by atoms with van der Waals surface area (Å²) in [5.74, 6) is -3.35. The molecule has 0 aromatic heterocycles. The Morgan fingerprint density at radius 1 is 1.28 bits per heavy atom. The van der Waals surface area contributed by atoms with Crippen LogP contribution >= 0.6 is 0 Å². The summed E-state index contributed by atoms with van der Waals surface area (Å²) in [7, 11) is 0. The van der Waals surface area contributed by atoms with Crippen LogP contribution in [-0.4, -0.2) is 17.7 Å². The van der Waals surface area contributed by atoms with Gasteiger partial charge in [-0.25, -0.2) is 8.78 Å². The van der Waals surface area contributed by atoms with Gasteiger partial charge in [0, 0.05) is 12.8 Å². The quantitative estimate of drug-likeness (QED) is 0.880. The molecule has 0 fully saturated rings. The molecule has 0 aliphatic heterocycles. The summed E-state index contributed by atoms with van der Waals surface area (Å²) in [5, 5.41) is 0. The van der Waals surface area contributed by atoms with E-state index in [1.54, 1.807) is 30.3 Å². The van der Waals surface area contributed by atoms with E-state index < -0.39 is 24.2 Å². The van der Waals surface area contributed by atoms with Gasteiger partial charge in [0.15, 0.2) is 0 Å². The Hall–Kier alpha value is -1.29. The van der Waals surface area contributed by atoms with E-state index in [1.807, 2.05) is 13.8 Å². The number of hydrogen-bond donors (Lipinski definition) is 1. The number of halogens is 2. The molecule has 1 aromatic carbocycles. The normalized spacial score (nSPS) is 12.3. The summed E-state index contributed by atoms with van der Waals surface area (Å²) < 4.78 is 27.0. The van der Waals surface area contributed by atoms with Crippen molar-refractivity contribution in [3.63, 3.8) is 0 Å². The molecule has 4 heteroatoms. The first-order chi connectivity index (χ1) is 8.41. The summed E-state index contributed by atoms with van der Waals surface area (Å²) in [6.07, 6.45) is -0.980. The van der Waals surface area contributed by atoms with Gasteiger partial charge in [-0.2, -0.15) is 0 Å². The Morgan fingerprint density at radius 3 is 2.22 bits per heavy atom. The van der Waals surface area contributed by atoms with Gasteiger partial charge in [-0.05, 0) is 12.5 Å². The van der Waals surface area contributed by atoms with E-state index >= 15 is 0 Å². The molecule has 18 heavy (non-hydrogen) atoms. The van der Waals surface area contributed by atoms with Gasteiger partial charge in [0.1, 0.15) is 5.78 Å². The molecule has 0 aliphatic rings. The largest absolute Gasteiger partial charge is 0.321 e. The predicted molar refractivity (Wildman–Crippen MR) is 69.7 cm³/mol. The van der Waals surface area contributed by atoms with E-state index in [2.05, 4.69) is 0 Å². The highest BCUT2D eigenvalue weighted by Gasteiger charge is 2.32. The number of carbonyl (C=O) groups is 1. The van der Waals surface area contributed by atoms with Crippen LogP contribution in [-0.2, 0) is 11.2 Å². The zero-order valence-corrected chi connectivity index (χ0v) is 11.1. The van der Waals surface area contributed by atoms with Crippen molar-refractivity contribution in [3.8, 4) is 0 Å². The van der Waals surface area contributed by atoms with Gasteiger partial charge in [0.05, 0.1) is 6.04 Å². The molecule has 0 saturated carbocycles. The second-order valence-corrected chi connectivity index (χ2v) is 3.94. The van der Waals surface area contributed by atoms with E-state index in [0.717, 1.165) is 0 Å². The monoisotopic (exact) mass is 257 g/mol. The first-order valence-electron chi connectivity index (χ1n) is 6.08. The van der Waals surface area contributed by atoms with Crippen LogP contribution in [0.25, 0.3) is 0 Å². The van der Waals surface area contributed by atoms with Crippen LogP contribution in [0.15, 0.2) is 30.3 Å². The minimum Gasteiger partial charge on any atom is -0.321 e. The van der Waals surface area contributed by atoms with Gasteiger partial charge in [-0.3, -0.25) is 4.79 Å². The van der Waals surface area contributed by atoms with Gasteiger partial charge in [0.25, 0.3) is 5.92 Å². The number of ketones is 1. The smallest absolute Gasteiger partial charge is 0.254 e. The maximum Gasteiger partial charge on any atom is 0.254 e. The fraction of sp³-hybridized carbons (Fsp3) is 0.500. The number of Topliss-reactive ketones (excluding diaryl/α,β-unsaturated/α-hetero) is 1. The number of rotatable bonds is 5. The molecule has 1 atom stereocenters. The number of carbonyl (C=O) groups excluding carboxylic acids is 1. The Balaban J connectivity index is 0.00000137. The maximum absolute atomic E-state index is 13.5. The first kappa shape index (κ1) is 16.7. The number of alkyl halides is 2. The van der Waals surface area contributed by atoms with Crippen LogP contribution in [0, 0.1) is 0 Å². The number of benzene rings is 1. The van der Waals surface area contributed by atoms with Crippen molar-refractivity contribution < 1.29 is 13.6 Å². The summed E-state index contributed by atoms with van der Waals surface area (Å²) in [6, 6.07) is 7.36. The van der Waals surface area contributed by atoms with Crippen LogP contribution in [0.4, 0.5) is 8.78 Å². The van der Waals surface area contributed by atoms with E-state index in [4.69, 9.17) is 5.73 Å². The SMILES string of the molecule is CC.CC(=O)C(N)CC(F)(F)Cc1ccccc1. The molecule has 0 heterocycles. The fourth-order valence-corrected chi connectivity index (χ4v) is 1.43. The Morgan fingerprint density at radius 2 is 1.78 bits per heavy atom. The molecule has 0 radical (unpaired) electrons. The molecule has 0 aliphatic carbocycles. The van der Waals surface area contributed by atoms with Crippen molar-refractivity contribution in [1.29, 1.82) is 0 Å². The Labute approximate surface area is 107 Å². The summed E-state index contributed by atoms with van der Waals surface area (Å²) in [5.41, 5.74) is 5.87. The highest BCUT2D eigenvalue weighted by Crippen LogP contribution is 2.25. The molecule has 0 saturated heterocycles. The molecule has 2 N–H and O–H groups in total. The average molecular weight is 257 g/mol. The van der Waals surface area contributed by atoms with Crippen LogP contribution in [0.2, 0.25) is 0 Å². The third kappa shape index (κ3) is 6.45. The topological polar surface area (TPSA) is 43.1 Å². The van der Waals surface area contributed by atoms with Crippen molar-refractivity contribution in [3.05, 3.63) is 35.9 Å². The van der Waals surface area contributed by atoms with Gasteiger partial charge in [-0.15, -0.1) is 0 Å². The van der Waals surface area contributed by atoms with E-state index in [-0.39, 0.29) is 6.42 Å². The lowest BCUT2D eigenvalue weighted by molar-refractivity contribution is -0.120. The molecule has 0 bridgehead atoms. The van der Waals surface area contributed by atoms with Crippen LogP contribution in [0.5, 0.6) is 0 Å². The molecular formula is C14H21F2NO. The summed E-state index contributed by atoms with van der Waals surface area (Å²) in [4.78, 5) is 10.8. The highest BCUT2D eigenvalue weighted by molar-refractivity contribution is 5.81. The van der Waals surface area contributed by atoms with Gasteiger partial charge < -0.3 is 5.73 Å². The molecule has 1 aromatic rings. The molecule has 1 rings (SSSR count). The molecule has 1 unspecified atom stereocenters. The number of nitrogens with two attached hydrogens (primary N) is 1. The lowest BCUT2D eigenvalue weighted by atomic mass is 9.99. The molecule has 0 amide bonds. The molecule has 102 valence electrons. The van der Waals surface area contributed by atoms with Gasteiger partial charge in [-0.1, -0.05) is 44.2 Å². The average Bonchev–Trinajstić information content (AvgIpc) is 2.31.